The molecule has 4 heteroatoms. The van der Waals surface area contributed by atoms with Crippen LogP contribution in [0, 0.1) is 0 Å². The van der Waals surface area contributed by atoms with Gasteiger partial charge in [0.1, 0.15) is 6.29 Å². The van der Waals surface area contributed by atoms with Crippen LogP contribution in [0.5, 0.6) is 0 Å². The second kappa shape index (κ2) is 10.1. The van der Waals surface area contributed by atoms with E-state index in [1.54, 1.807) is 4.90 Å². The molecule has 1 unspecified atom stereocenters. The predicted molar refractivity (Wildman–Crippen MR) is 111 cm³/mol. The van der Waals surface area contributed by atoms with Crippen LogP contribution in [-0.2, 0) is 24.3 Å². The highest BCUT2D eigenvalue weighted by atomic mass is 16.2. The van der Waals surface area contributed by atoms with Crippen molar-refractivity contribution >= 4 is 12.3 Å². The first-order valence-corrected chi connectivity index (χ1v) is 9.37. The third-order valence-corrected chi connectivity index (χ3v) is 4.49. The van der Waals surface area contributed by atoms with Gasteiger partial charge in [-0.2, -0.15) is 0 Å². The Morgan fingerprint density at radius 1 is 0.750 bits per heavy atom. The topological polar surface area (TPSA) is 49.4 Å². The molecule has 0 saturated heterocycles. The molecule has 2 amide bonds. The lowest BCUT2D eigenvalue weighted by atomic mass is 10.1. The summed E-state index contributed by atoms with van der Waals surface area (Å²) >= 11 is 0. The fourth-order valence-corrected chi connectivity index (χ4v) is 3.06. The maximum absolute atomic E-state index is 13.0. The molecule has 1 N–H and O–H groups in total. The molecule has 0 aliphatic carbocycles. The van der Waals surface area contributed by atoms with Crippen molar-refractivity contribution in [3.05, 3.63) is 108 Å². The van der Waals surface area contributed by atoms with Crippen LogP contribution >= 0.6 is 0 Å². The summed E-state index contributed by atoms with van der Waals surface area (Å²) in [7, 11) is 0. The van der Waals surface area contributed by atoms with Gasteiger partial charge in [0.2, 0.25) is 0 Å². The lowest BCUT2D eigenvalue weighted by Gasteiger charge is -2.25. The summed E-state index contributed by atoms with van der Waals surface area (Å²) in [6.07, 6.45) is 1.27. The standard InChI is InChI=1S/C24H24N2O2/c27-19-23(16-20-10-4-1-5-11-20)25-24(28)26(17-21-12-6-2-7-13-21)18-22-14-8-3-9-15-22/h1-15,19,23H,16-18H2,(H,25,28). The number of hydrogen-bond donors (Lipinski definition) is 1. The van der Waals surface area contributed by atoms with Gasteiger partial charge in [0, 0.05) is 13.1 Å². The number of rotatable bonds is 8. The Morgan fingerprint density at radius 3 is 1.61 bits per heavy atom. The van der Waals surface area contributed by atoms with Crippen LogP contribution in [0.4, 0.5) is 4.79 Å². The third kappa shape index (κ3) is 5.81. The summed E-state index contributed by atoms with van der Waals surface area (Å²) in [5.41, 5.74) is 3.09. The van der Waals surface area contributed by atoms with Gasteiger partial charge in [-0.1, -0.05) is 91.0 Å². The van der Waals surface area contributed by atoms with Gasteiger partial charge in [-0.05, 0) is 23.1 Å². The Kier molecular flexibility index (Phi) is 6.96. The van der Waals surface area contributed by atoms with E-state index in [2.05, 4.69) is 5.32 Å². The molecule has 3 aromatic carbocycles. The number of amides is 2. The van der Waals surface area contributed by atoms with Crippen molar-refractivity contribution in [1.82, 2.24) is 10.2 Å². The van der Waals surface area contributed by atoms with E-state index >= 15 is 0 Å². The Bertz CT molecular complexity index is 825. The summed E-state index contributed by atoms with van der Waals surface area (Å²) < 4.78 is 0. The minimum atomic E-state index is -0.566. The molecule has 142 valence electrons. The monoisotopic (exact) mass is 372 g/mol. The van der Waals surface area contributed by atoms with Gasteiger partial charge in [-0.15, -0.1) is 0 Å². The SMILES string of the molecule is O=CC(Cc1ccccc1)NC(=O)N(Cc1ccccc1)Cc1ccccc1. The predicted octanol–water partition coefficient (Wildman–Crippen LogP) is 4.21. The van der Waals surface area contributed by atoms with Crippen LogP contribution in [0.3, 0.4) is 0 Å². The molecular weight excluding hydrogens is 348 g/mol. The molecule has 4 nitrogen and oxygen atoms in total. The zero-order valence-electron chi connectivity index (χ0n) is 15.7. The fraction of sp³-hybridized carbons (Fsp3) is 0.167. The molecule has 0 spiro atoms. The van der Waals surface area contributed by atoms with Crippen molar-refractivity contribution in [2.24, 2.45) is 0 Å². The van der Waals surface area contributed by atoms with E-state index in [9.17, 15) is 9.59 Å². The fourth-order valence-electron chi connectivity index (χ4n) is 3.06. The zero-order chi connectivity index (χ0) is 19.6. The first-order valence-electron chi connectivity index (χ1n) is 9.37. The minimum Gasteiger partial charge on any atom is -0.328 e. The van der Waals surface area contributed by atoms with Crippen molar-refractivity contribution in [3.8, 4) is 0 Å². The van der Waals surface area contributed by atoms with E-state index in [1.165, 1.54) is 0 Å². The van der Waals surface area contributed by atoms with Crippen molar-refractivity contribution in [2.75, 3.05) is 0 Å². The number of urea groups is 1. The van der Waals surface area contributed by atoms with Gasteiger partial charge in [0.15, 0.2) is 0 Å². The van der Waals surface area contributed by atoms with Gasteiger partial charge in [-0.25, -0.2) is 4.79 Å². The normalized spacial score (nSPS) is 11.4. The molecule has 0 saturated carbocycles. The zero-order valence-corrected chi connectivity index (χ0v) is 15.7. The first kappa shape index (κ1) is 19.4. The lowest BCUT2D eigenvalue weighted by molar-refractivity contribution is -0.109. The molecule has 0 heterocycles. The molecular formula is C24H24N2O2. The smallest absolute Gasteiger partial charge is 0.318 e. The lowest BCUT2D eigenvalue weighted by Crippen LogP contribution is -2.45. The Morgan fingerprint density at radius 2 is 1.18 bits per heavy atom. The summed E-state index contributed by atoms with van der Waals surface area (Å²) in [5, 5.41) is 2.87. The Hall–Kier alpha value is -3.40. The molecule has 28 heavy (non-hydrogen) atoms. The number of benzene rings is 3. The second-order valence-electron chi connectivity index (χ2n) is 6.71. The van der Waals surface area contributed by atoms with Crippen molar-refractivity contribution in [3.63, 3.8) is 0 Å². The number of aldehydes is 1. The molecule has 0 aromatic heterocycles. The molecule has 3 aromatic rings. The van der Waals surface area contributed by atoms with E-state index in [0.29, 0.717) is 19.5 Å². The van der Waals surface area contributed by atoms with E-state index in [0.717, 1.165) is 23.0 Å². The summed E-state index contributed by atoms with van der Waals surface area (Å²) in [6.45, 7) is 0.941. The van der Waals surface area contributed by atoms with E-state index < -0.39 is 6.04 Å². The molecule has 1 atom stereocenters. The van der Waals surface area contributed by atoms with Crippen LogP contribution in [-0.4, -0.2) is 23.3 Å². The van der Waals surface area contributed by atoms with Crippen molar-refractivity contribution in [2.45, 2.75) is 25.6 Å². The molecule has 0 aliphatic rings. The van der Waals surface area contributed by atoms with E-state index in [-0.39, 0.29) is 6.03 Å². The molecule has 0 fully saturated rings. The number of carbonyl (C=O) groups excluding carboxylic acids is 2. The van der Waals surface area contributed by atoms with Gasteiger partial charge < -0.3 is 15.0 Å². The summed E-state index contributed by atoms with van der Waals surface area (Å²) in [6, 6.07) is 28.6. The number of hydrogen-bond acceptors (Lipinski definition) is 2. The number of nitrogens with zero attached hydrogens (tertiary/aromatic N) is 1. The highest BCUT2D eigenvalue weighted by molar-refractivity contribution is 5.78. The molecule has 3 rings (SSSR count). The average Bonchev–Trinajstić information content (AvgIpc) is 2.75. The van der Waals surface area contributed by atoms with Crippen LogP contribution < -0.4 is 5.32 Å². The highest BCUT2D eigenvalue weighted by Crippen LogP contribution is 2.11. The van der Waals surface area contributed by atoms with E-state index in [4.69, 9.17) is 0 Å². The van der Waals surface area contributed by atoms with Gasteiger partial charge in [0.25, 0.3) is 0 Å². The van der Waals surface area contributed by atoms with Crippen LogP contribution in [0.1, 0.15) is 16.7 Å². The molecule has 0 radical (unpaired) electrons. The summed E-state index contributed by atoms with van der Waals surface area (Å²) in [4.78, 5) is 26.2. The van der Waals surface area contributed by atoms with Crippen LogP contribution in [0.2, 0.25) is 0 Å². The quantitative estimate of drug-likeness (QED) is 0.602. The van der Waals surface area contributed by atoms with Crippen molar-refractivity contribution < 1.29 is 9.59 Å². The summed E-state index contributed by atoms with van der Waals surface area (Å²) in [5.74, 6) is 0. The largest absolute Gasteiger partial charge is 0.328 e. The maximum Gasteiger partial charge on any atom is 0.318 e. The maximum atomic E-state index is 13.0. The third-order valence-electron chi connectivity index (χ3n) is 4.49. The van der Waals surface area contributed by atoms with E-state index in [1.807, 2.05) is 91.0 Å². The van der Waals surface area contributed by atoms with Crippen LogP contribution in [0.15, 0.2) is 91.0 Å². The Balaban J connectivity index is 1.71. The molecule has 0 bridgehead atoms. The van der Waals surface area contributed by atoms with Crippen molar-refractivity contribution in [1.29, 1.82) is 0 Å². The first-order chi connectivity index (χ1) is 13.7. The highest BCUT2D eigenvalue weighted by Gasteiger charge is 2.19. The van der Waals surface area contributed by atoms with Gasteiger partial charge >= 0.3 is 6.03 Å². The number of nitrogens with one attached hydrogen (secondary N) is 1. The Labute approximate surface area is 165 Å². The minimum absolute atomic E-state index is 0.249. The van der Waals surface area contributed by atoms with Crippen LogP contribution in [0.25, 0.3) is 0 Å². The van der Waals surface area contributed by atoms with Gasteiger partial charge in [0.05, 0.1) is 6.04 Å². The number of carbonyl (C=O) groups is 2. The average molecular weight is 372 g/mol. The van der Waals surface area contributed by atoms with Gasteiger partial charge in [-0.3, -0.25) is 0 Å². The second-order valence-corrected chi connectivity index (χ2v) is 6.71. The molecule has 0 aliphatic heterocycles.